The second-order valence-electron chi connectivity index (χ2n) is 5.91. The van der Waals surface area contributed by atoms with Crippen molar-refractivity contribution in [3.8, 4) is 0 Å². The number of nitrogens with zero attached hydrogens (tertiary/aromatic N) is 2. The number of halogens is 2. The zero-order valence-electron chi connectivity index (χ0n) is 12.5. The molecule has 1 N–H and O–H groups in total. The summed E-state index contributed by atoms with van der Waals surface area (Å²) in [4.78, 5) is 17.1. The number of piperidine rings is 1. The van der Waals surface area contributed by atoms with Crippen molar-refractivity contribution in [1.29, 1.82) is 0 Å². The lowest BCUT2D eigenvalue weighted by molar-refractivity contribution is -0.138. The van der Waals surface area contributed by atoms with Gasteiger partial charge in [0.2, 0.25) is 5.91 Å². The first-order chi connectivity index (χ1) is 9.34. The third-order valence-electron chi connectivity index (χ3n) is 4.58. The van der Waals surface area contributed by atoms with E-state index in [0.29, 0.717) is 12.6 Å². The van der Waals surface area contributed by atoms with Gasteiger partial charge in [-0.25, -0.2) is 0 Å². The normalized spacial score (nSPS) is 30.4. The smallest absolute Gasteiger partial charge is 0.242 e. The summed E-state index contributed by atoms with van der Waals surface area (Å²) in [5.74, 6) is 0.239. The highest BCUT2D eigenvalue weighted by molar-refractivity contribution is 5.85. The van der Waals surface area contributed by atoms with Crippen LogP contribution in [0.1, 0.15) is 25.7 Å². The van der Waals surface area contributed by atoms with Crippen LogP contribution in [0, 0.1) is 0 Å². The summed E-state index contributed by atoms with van der Waals surface area (Å²) in [5, 5.41) is 3.27. The van der Waals surface area contributed by atoms with Gasteiger partial charge < -0.3 is 15.0 Å². The molecule has 3 aliphatic heterocycles. The van der Waals surface area contributed by atoms with E-state index in [-0.39, 0.29) is 36.8 Å². The number of carbonyl (C=O) groups is 1. The molecule has 3 aliphatic rings. The van der Waals surface area contributed by atoms with Gasteiger partial charge in [0.1, 0.15) is 6.04 Å². The number of amides is 1. The van der Waals surface area contributed by atoms with Crippen LogP contribution in [-0.4, -0.2) is 73.7 Å². The SMILES string of the molecule is Cl.Cl.O=C(C1COCCN1)N1CCCC(N2CCCC2)C1. The van der Waals surface area contributed by atoms with Gasteiger partial charge in [0.25, 0.3) is 0 Å². The van der Waals surface area contributed by atoms with Crippen LogP contribution in [-0.2, 0) is 9.53 Å². The Morgan fingerprint density at radius 3 is 2.52 bits per heavy atom. The zero-order chi connectivity index (χ0) is 13.1. The zero-order valence-corrected chi connectivity index (χ0v) is 14.1. The molecule has 3 saturated heterocycles. The Bertz CT molecular complexity index is 321. The van der Waals surface area contributed by atoms with Gasteiger partial charge in [-0.15, -0.1) is 24.8 Å². The quantitative estimate of drug-likeness (QED) is 0.812. The third-order valence-corrected chi connectivity index (χ3v) is 4.58. The molecule has 7 heteroatoms. The highest BCUT2D eigenvalue weighted by atomic mass is 35.5. The monoisotopic (exact) mass is 339 g/mol. The summed E-state index contributed by atoms with van der Waals surface area (Å²) >= 11 is 0. The second kappa shape index (κ2) is 9.16. The van der Waals surface area contributed by atoms with Crippen molar-refractivity contribution in [2.24, 2.45) is 0 Å². The standard InChI is InChI=1S/C14H25N3O2.2ClH/c18-14(13-11-19-9-5-15-13)17-8-3-4-12(10-17)16-6-1-2-7-16;;/h12-13,15H,1-11H2;2*1H. The van der Waals surface area contributed by atoms with Crippen LogP contribution in [0.25, 0.3) is 0 Å². The molecule has 0 aromatic heterocycles. The molecule has 124 valence electrons. The fraction of sp³-hybridized carbons (Fsp3) is 0.929. The number of nitrogens with one attached hydrogen (secondary N) is 1. The topological polar surface area (TPSA) is 44.8 Å². The fourth-order valence-corrected chi connectivity index (χ4v) is 3.50. The van der Waals surface area contributed by atoms with E-state index in [1.807, 2.05) is 0 Å². The van der Waals surface area contributed by atoms with E-state index in [2.05, 4.69) is 15.1 Å². The first-order valence-corrected chi connectivity index (χ1v) is 7.68. The predicted octanol–water partition coefficient (Wildman–Crippen LogP) is 0.905. The van der Waals surface area contributed by atoms with Gasteiger partial charge in [0, 0.05) is 25.7 Å². The molecule has 3 fully saturated rings. The molecule has 2 unspecified atom stereocenters. The Balaban J connectivity index is 0.00000110. The number of hydrogen-bond donors (Lipinski definition) is 1. The molecule has 5 nitrogen and oxygen atoms in total. The van der Waals surface area contributed by atoms with Crippen LogP contribution in [0.3, 0.4) is 0 Å². The van der Waals surface area contributed by atoms with Crippen molar-refractivity contribution in [3.05, 3.63) is 0 Å². The molecule has 0 saturated carbocycles. The number of likely N-dealkylation sites (tertiary alicyclic amines) is 2. The molecular formula is C14H27Cl2N3O2. The Morgan fingerprint density at radius 1 is 1.10 bits per heavy atom. The molecule has 0 aromatic carbocycles. The summed E-state index contributed by atoms with van der Waals surface area (Å²) in [6.45, 7) is 6.32. The maximum Gasteiger partial charge on any atom is 0.242 e. The van der Waals surface area contributed by atoms with Gasteiger partial charge >= 0.3 is 0 Å². The van der Waals surface area contributed by atoms with Crippen molar-refractivity contribution in [3.63, 3.8) is 0 Å². The summed E-state index contributed by atoms with van der Waals surface area (Å²) in [5.41, 5.74) is 0. The number of carbonyl (C=O) groups excluding carboxylic acids is 1. The summed E-state index contributed by atoms with van der Waals surface area (Å²) in [7, 11) is 0. The van der Waals surface area contributed by atoms with Crippen LogP contribution in [0.4, 0.5) is 0 Å². The predicted molar refractivity (Wildman–Crippen MR) is 87.5 cm³/mol. The van der Waals surface area contributed by atoms with Crippen LogP contribution < -0.4 is 5.32 Å². The largest absolute Gasteiger partial charge is 0.378 e. The van der Waals surface area contributed by atoms with Crippen molar-refractivity contribution < 1.29 is 9.53 Å². The minimum atomic E-state index is -0.119. The Hall–Kier alpha value is -0.0700. The molecule has 3 rings (SSSR count). The highest BCUT2D eigenvalue weighted by Crippen LogP contribution is 2.21. The number of morpholine rings is 1. The van der Waals surface area contributed by atoms with Gasteiger partial charge in [-0.2, -0.15) is 0 Å². The van der Waals surface area contributed by atoms with Crippen LogP contribution in [0.5, 0.6) is 0 Å². The first kappa shape index (κ1) is 19.0. The van der Waals surface area contributed by atoms with Gasteiger partial charge in [-0.1, -0.05) is 0 Å². The molecule has 0 bridgehead atoms. The Labute approximate surface area is 139 Å². The molecule has 3 heterocycles. The van der Waals surface area contributed by atoms with Gasteiger partial charge in [-0.05, 0) is 38.8 Å². The Kier molecular flexibility index (Phi) is 8.27. The molecule has 0 spiro atoms. The molecule has 1 amide bonds. The molecule has 21 heavy (non-hydrogen) atoms. The highest BCUT2D eigenvalue weighted by Gasteiger charge is 2.32. The second-order valence-corrected chi connectivity index (χ2v) is 5.91. The minimum Gasteiger partial charge on any atom is -0.378 e. The van der Waals surface area contributed by atoms with E-state index in [9.17, 15) is 4.79 Å². The van der Waals surface area contributed by atoms with Gasteiger partial charge in [0.15, 0.2) is 0 Å². The van der Waals surface area contributed by atoms with Crippen molar-refractivity contribution in [2.45, 2.75) is 37.8 Å². The summed E-state index contributed by atoms with van der Waals surface area (Å²) < 4.78 is 5.40. The maximum absolute atomic E-state index is 12.5. The van der Waals surface area contributed by atoms with E-state index in [4.69, 9.17) is 4.74 Å². The van der Waals surface area contributed by atoms with E-state index >= 15 is 0 Å². The first-order valence-electron chi connectivity index (χ1n) is 7.68. The number of rotatable bonds is 2. The van der Waals surface area contributed by atoms with E-state index < -0.39 is 0 Å². The molecule has 0 aliphatic carbocycles. The van der Waals surface area contributed by atoms with E-state index in [0.717, 1.165) is 32.7 Å². The van der Waals surface area contributed by atoms with Crippen molar-refractivity contribution in [1.82, 2.24) is 15.1 Å². The van der Waals surface area contributed by atoms with Gasteiger partial charge in [-0.3, -0.25) is 9.69 Å². The van der Waals surface area contributed by atoms with Crippen LogP contribution in [0.15, 0.2) is 0 Å². The molecule has 2 atom stereocenters. The Morgan fingerprint density at radius 2 is 1.86 bits per heavy atom. The average molecular weight is 340 g/mol. The number of hydrogen-bond acceptors (Lipinski definition) is 4. The van der Waals surface area contributed by atoms with Crippen LogP contribution >= 0.6 is 24.8 Å². The maximum atomic E-state index is 12.5. The fourth-order valence-electron chi connectivity index (χ4n) is 3.50. The summed E-state index contributed by atoms with van der Waals surface area (Å²) in [6, 6.07) is 0.468. The minimum absolute atomic E-state index is 0. The van der Waals surface area contributed by atoms with Crippen molar-refractivity contribution in [2.75, 3.05) is 45.9 Å². The third kappa shape index (κ3) is 4.70. The number of ether oxygens (including phenoxy) is 1. The molecule has 0 aromatic rings. The molecular weight excluding hydrogens is 313 g/mol. The van der Waals surface area contributed by atoms with Crippen molar-refractivity contribution >= 4 is 30.7 Å². The summed E-state index contributed by atoms with van der Waals surface area (Å²) in [6.07, 6.45) is 5.03. The van der Waals surface area contributed by atoms with E-state index in [1.54, 1.807) is 0 Å². The lowest BCUT2D eigenvalue weighted by Crippen LogP contribution is -2.56. The van der Waals surface area contributed by atoms with Gasteiger partial charge in [0.05, 0.1) is 13.2 Å². The lowest BCUT2D eigenvalue weighted by atomic mass is 10.0. The van der Waals surface area contributed by atoms with E-state index in [1.165, 1.54) is 32.4 Å². The lowest BCUT2D eigenvalue weighted by Gasteiger charge is -2.39. The van der Waals surface area contributed by atoms with Crippen LogP contribution in [0.2, 0.25) is 0 Å². The molecule has 0 radical (unpaired) electrons. The average Bonchev–Trinajstić information content (AvgIpc) is 3.02.